The van der Waals surface area contributed by atoms with E-state index in [1.165, 1.54) is 6.07 Å². The third kappa shape index (κ3) is 4.80. The van der Waals surface area contributed by atoms with Crippen LogP contribution in [-0.2, 0) is 24.4 Å². The molecule has 5 nitrogen and oxygen atoms in total. The predicted octanol–water partition coefficient (Wildman–Crippen LogP) is 2.08. The van der Waals surface area contributed by atoms with Gasteiger partial charge in [0.15, 0.2) is 5.82 Å². The van der Waals surface area contributed by atoms with E-state index < -0.39 is 0 Å². The first-order valence-corrected chi connectivity index (χ1v) is 8.21. The van der Waals surface area contributed by atoms with Crippen molar-refractivity contribution in [3.8, 4) is 0 Å². The minimum atomic E-state index is -0.164. The molecular weight excluding hydrogens is 307 g/mol. The quantitative estimate of drug-likeness (QED) is 0.811. The number of hydrogen-bond donors (Lipinski definition) is 0. The maximum Gasteiger partial charge on any atom is 0.153 e. The second kappa shape index (κ2) is 8.28. The molecule has 0 aliphatic carbocycles. The minimum Gasteiger partial charge on any atom is -0.377 e. The topological polar surface area (TPSA) is 41.5 Å². The van der Waals surface area contributed by atoms with E-state index in [2.05, 4.69) is 19.8 Å². The van der Waals surface area contributed by atoms with E-state index in [1.54, 1.807) is 19.2 Å². The molecule has 0 saturated carbocycles. The molecule has 2 aromatic rings. The lowest BCUT2D eigenvalue weighted by Crippen LogP contribution is -2.45. The Labute approximate surface area is 142 Å². The van der Waals surface area contributed by atoms with Gasteiger partial charge in [0.1, 0.15) is 12.4 Å². The Hall–Kier alpha value is -1.89. The minimum absolute atomic E-state index is 0.164. The van der Waals surface area contributed by atoms with E-state index >= 15 is 0 Å². The van der Waals surface area contributed by atoms with E-state index in [0.29, 0.717) is 12.4 Å². The molecule has 0 N–H and O–H groups in total. The molecule has 0 unspecified atom stereocenters. The van der Waals surface area contributed by atoms with Gasteiger partial charge >= 0.3 is 0 Å². The van der Waals surface area contributed by atoms with E-state index in [0.717, 1.165) is 50.4 Å². The van der Waals surface area contributed by atoms with Crippen molar-refractivity contribution in [1.29, 1.82) is 0 Å². The van der Waals surface area contributed by atoms with Crippen LogP contribution >= 0.6 is 0 Å². The molecule has 1 aromatic carbocycles. The van der Waals surface area contributed by atoms with Gasteiger partial charge in [0.2, 0.25) is 0 Å². The zero-order valence-corrected chi connectivity index (χ0v) is 14.0. The van der Waals surface area contributed by atoms with Gasteiger partial charge in [-0.15, -0.1) is 0 Å². The number of halogens is 1. The Morgan fingerprint density at radius 1 is 1.00 bits per heavy atom. The fraction of sp³-hybridized carbons (Fsp3) is 0.444. The fourth-order valence-electron chi connectivity index (χ4n) is 2.92. The highest BCUT2D eigenvalue weighted by atomic mass is 19.1. The first kappa shape index (κ1) is 17.0. The summed E-state index contributed by atoms with van der Waals surface area (Å²) >= 11 is 0. The highest BCUT2D eigenvalue weighted by molar-refractivity contribution is 5.16. The summed E-state index contributed by atoms with van der Waals surface area (Å²) in [4.78, 5) is 13.4. The first-order chi connectivity index (χ1) is 11.7. The summed E-state index contributed by atoms with van der Waals surface area (Å²) in [6, 6.07) is 6.86. The van der Waals surface area contributed by atoms with Crippen molar-refractivity contribution in [2.45, 2.75) is 19.7 Å². The van der Waals surface area contributed by atoms with Gasteiger partial charge in [0.05, 0.1) is 0 Å². The number of hydrogen-bond acceptors (Lipinski definition) is 5. The molecule has 24 heavy (non-hydrogen) atoms. The van der Waals surface area contributed by atoms with Crippen molar-refractivity contribution in [2.24, 2.45) is 0 Å². The maximum atomic E-state index is 13.3. The van der Waals surface area contributed by atoms with Crippen molar-refractivity contribution >= 4 is 0 Å². The third-order valence-corrected chi connectivity index (χ3v) is 4.20. The summed E-state index contributed by atoms with van der Waals surface area (Å²) < 4.78 is 18.3. The molecule has 0 bridgehead atoms. The molecule has 0 atom stereocenters. The molecule has 1 aliphatic heterocycles. The molecular formula is C18H23FN4O. The predicted molar refractivity (Wildman–Crippen MR) is 89.7 cm³/mol. The van der Waals surface area contributed by atoms with Crippen molar-refractivity contribution in [2.75, 3.05) is 33.3 Å². The van der Waals surface area contributed by atoms with Crippen LogP contribution in [0.5, 0.6) is 0 Å². The number of ether oxygens (including phenoxy) is 1. The van der Waals surface area contributed by atoms with Crippen LogP contribution in [0.2, 0.25) is 0 Å². The van der Waals surface area contributed by atoms with Crippen LogP contribution in [-0.4, -0.2) is 53.1 Å². The van der Waals surface area contributed by atoms with E-state index in [-0.39, 0.29) is 5.82 Å². The van der Waals surface area contributed by atoms with Crippen LogP contribution in [0.3, 0.4) is 0 Å². The van der Waals surface area contributed by atoms with Crippen LogP contribution in [0.15, 0.2) is 36.7 Å². The van der Waals surface area contributed by atoms with Gasteiger partial charge in [0.25, 0.3) is 0 Å². The first-order valence-electron chi connectivity index (χ1n) is 8.21. The van der Waals surface area contributed by atoms with Crippen molar-refractivity contribution < 1.29 is 9.13 Å². The fourth-order valence-corrected chi connectivity index (χ4v) is 2.92. The lowest BCUT2D eigenvalue weighted by Gasteiger charge is -2.34. The normalized spacial score (nSPS) is 16.4. The lowest BCUT2D eigenvalue weighted by molar-refractivity contribution is 0.121. The van der Waals surface area contributed by atoms with Crippen molar-refractivity contribution in [3.05, 3.63) is 59.4 Å². The third-order valence-electron chi connectivity index (χ3n) is 4.20. The Morgan fingerprint density at radius 3 is 2.21 bits per heavy atom. The zero-order chi connectivity index (χ0) is 16.8. The number of methoxy groups -OCH3 is 1. The van der Waals surface area contributed by atoms with Gasteiger partial charge in [0, 0.05) is 64.3 Å². The summed E-state index contributed by atoms with van der Waals surface area (Å²) in [5, 5.41) is 0. The summed E-state index contributed by atoms with van der Waals surface area (Å²) in [5.41, 5.74) is 2.15. The highest BCUT2D eigenvalue weighted by Gasteiger charge is 2.17. The number of nitrogens with zero attached hydrogens (tertiary/aromatic N) is 4. The van der Waals surface area contributed by atoms with Crippen molar-refractivity contribution in [1.82, 2.24) is 19.8 Å². The molecule has 2 heterocycles. The van der Waals surface area contributed by atoms with Crippen LogP contribution in [0.4, 0.5) is 4.39 Å². The summed E-state index contributed by atoms with van der Waals surface area (Å²) in [6.07, 6.45) is 3.75. The van der Waals surface area contributed by atoms with Gasteiger partial charge in [-0.25, -0.2) is 14.4 Å². The van der Waals surface area contributed by atoms with Crippen LogP contribution < -0.4 is 0 Å². The summed E-state index contributed by atoms with van der Waals surface area (Å²) in [7, 11) is 1.64. The molecule has 1 aromatic heterocycles. The average Bonchev–Trinajstić information content (AvgIpc) is 2.59. The zero-order valence-electron chi connectivity index (χ0n) is 14.0. The number of benzene rings is 1. The Bertz CT molecular complexity index is 642. The van der Waals surface area contributed by atoms with Crippen molar-refractivity contribution in [3.63, 3.8) is 0 Å². The smallest absolute Gasteiger partial charge is 0.153 e. The van der Waals surface area contributed by atoms with Crippen LogP contribution in [0.1, 0.15) is 17.0 Å². The number of rotatable bonds is 6. The molecule has 1 aliphatic rings. The Kier molecular flexibility index (Phi) is 5.85. The molecule has 0 spiro atoms. The molecule has 1 saturated heterocycles. The second-order valence-electron chi connectivity index (χ2n) is 6.12. The van der Waals surface area contributed by atoms with E-state index in [9.17, 15) is 4.39 Å². The molecule has 1 fully saturated rings. The van der Waals surface area contributed by atoms with Gasteiger partial charge in [-0.2, -0.15) is 0 Å². The summed E-state index contributed by atoms with van der Waals surface area (Å²) in [5.74, 6) is 0.546. The van der Waals surface area contributed by atoms with Crippen LogP contribution in [0.25, 0.3) is 0 Å². The summed E-state index contributed by atoms with van der Waals surface area (Å²) in [6.45, 7) is 6.07. The van der Waals surface area contributed by atoms with Gasteiger partial charge in [-0.05, 0) is 17.7 Å². The molecule has 3 rings (SSSR count). The highest BCUT2D eigenvalue weighted by Crippen LogP contribution is 2.12. The molecule has 0 radical (unpaired) electrons. The number of aromatic nitrogens is 2. The SMILES string of the molecule is COCc1ncc(CN2CCN(Cc3cccc(F)c3)CC2)cn1. The Morgan fingerprint density at radius 2 is 1.62 bits per heavy atom. The molecule has 6 heteroatoms. The van der Waals surface area contributed by atoms with Gasteiger partial charge in [-0.3, -0.25) is 9.80 Å². The Balaban J connectivity index is 1.46. The van der Waals surface area contributed by atoms with Gasteiger partial charge < -0.3 is 4.74 Å². The standard InChI is InChI=1S/C18H23FN4O/c1-24-14-18-20-10-16(11-21-18)13-23-7-5-22(6-8-23)12-15-3-2-4-17(19)9-15/h2-4,9-11H,5-8,12-14H2,1H3. The monoisotopic (exact) mass is 330 g/mol. The second-order valence-corrected chi connectivity index (χ2v) is 6.12. The number of piperazine rings is 1. The average molecular weight is 330 g/mol. The van der Waals surface area contributed by atoms with E-state index in [4.69, 9.17) is 4.74 Å². The largest absolute Gasteiger partial charge is 0.377 e. The molecule has 128 valence electrons. The lowest BCUT2D eigenvalue weighted by atomic mass is 10.2. The maximum absolute atomic E-state index is 13.3. The van der Waals surface area contributed by atoms with E-state index in [1.807, 2.05) is 18.5 Å². The molecule has 0 amide bonds. The van der Waals surface area contributed by atoms with Gasteiger partial charge in [-0.1, -0.05) is 12.1 Å². The van der Waals surface area contributed by atoms with Crippen LogP contribution in [0, 0.1) is 5.82 Å².